The summed E-state index contributed by atoms with van der Waals surface area (Å²) in [7, 11) is 1.70. The molecule has 0 saturated carbocycles. The van der Waals surface area contributed by atoms with Gasteiger partial charge < -0.3 is 14.8 Å². The summed E-state index contributed by atoms with van der Waals surface area (Å²) < 4.78 is 11.2. The van der Waals surface area contributed by atoms with Gasteiger partial charge in [0.05, 0.1) is 13.7 Å². The fraction of sp³-hybridized carbons (Fsp3) is 0.538. The zero-order valence-electron chi connectivity index (χ0n) is 9.53. The molecule has 3 nitrogen and oxygen atoms in total. The number of methoxy groups -OCH3 is 1. The SMILES string of the molecule is COc1cccc2c1OCC[C@@H]1CNC[C@@H]21. The lowest BCUT2D eigenvalue weighted by molar-refractivity contribution is 0.280. The molecule has 1 aromatic rings. The van der Waals surface area contributed by atoms with Gasteiger partial charge in [0.1, 0.15) is 0 Å². The second kappa shape index (κ2) is 3.98. The van der Waals surface area contributed by atoms with Crippen LogP contribution in [0.3, 0.4) is 0 Å². The van der Waals surface area contributed by atoms with Crippen molar-refractivity contribution < 1.29 is 9.47 Å². The van der Waals surface area contributed by atoms with Crippen molar-refractivity contribution in [3.05, 3.63) is 23.8 Å². The zero-order valence-corrected chi connectivity index (χ0v) is 9.53. The van der Waals surface area contributed by atoms with Crippen LogP contribution in [0.4, 0.5) is 0 Å². The van der Waals surface area contributed by atoms with E-state index in [9.17, 15) is 0 Å². The Morgan fingerprint density at radius 3 is 3.19 bits per heavy atom. The van der Waals surface area contributed by atoms with Crippen molar-refractivity contribution in [3.8, 4) is 11.5 Å². The number of hydrogen-bond donors (Lipinski definition) is 1. The number of fused-ring (bicyclic) bond motifs is 3. The van der Waals surface area contributed by atoms with Gasteiger partial charge in [0.25, 0.3) is 0 Å². The smallest absolute Gasteiger partial charge is 0.164 e. The standard InChI is InChI=1S/C13H17NO2/c1-15-12-4-2-3-10-11-8-14-7-9(11)5-6-16-13(10)12/h2-4,9,11,14H,5-8H2,1H3/t9-,11-/m1/s1. The molecule has 3 rings (SSSR count). The van der Waals surface area contributed by atoms with Gasteiger partial charge in [-0.2, -0.15) is 0 Å². The van der Waals surface area contributed by atoms with Crippen molar-refractivity contribution in [1.29, 1.82) is 0 Å². The van der Waals surface area contributed by atoms with Gasteiger partial charge in [0, 0.05) is 18.0 Å². The van der Waals surface area contributed by atoms with Crippen LogP contribution in [0.25, 0.3) is 0 Å². The lowest BCUT2D eigenvalue weighted by Gasteiger charge is -2.17. The number of ether oxygens (including phenoxy) is 2. The van der Waals surface area contributed by atoms with Crippen LogP contribution in [-0.4, -0.2) is 26.8 Å². The van der Waals surface area contributed by atoms with E-state index < -0.39 is 0 Å². The summed E-state index contributed by atoms with van der Waals surface area (Å²) >= 11 is 0. The largest absolute Gasteiger partial charge is 0.493 e. The van der Waals surface area contributed by atoms with E-state index in [-0.39, 0.29) is 0 Å². The van der Waals surface area contributed by atoms with Gasteiger partial charge in [-0.1, -0.05) is 12.1 Å². The normalized spacial score (nSPS) is 27.6. The molecule has 1 fully saturated rings. The second-order valence-electron chi connectivity index (χ2n) is 4.54. The van der Waals surface area contributed by atoms with Crippen molar-refractivity contribution in [2.75, 3.05) is 26.8 Å². The molecular formula is C13H17NO2. The molecule has 0 amide bonds. The second-order valence-corrected chi connectivity index (χ2v) is 4.54. The molecule has 2 aliphatic heterocycles. The number of rotatable bonds is 1. The van der Waals surface area contributed by atoms with Gasteiger partial charge in [0.15, 0.2) is 11.5 Å². The van der Waals surface area contributed by atoms with Crippen molar-refractivity contribution in [1.82, 2.24) is 5.32 Å². The van der Waals surface area contributed by atoms with Gasteiger partial charge in [-0.05, 0) is 24.9 Å². The van der Waals surface area contributed by atoms with Crippen molar-refractivity contribution >= 4 is 0 Å². The Balaban J connectivity index is 2.07. The van der Waals surface area contributed by atoms with E-state index in [4.69, 9.17) is 9.47 Å². The fourth-order valence-electron chi connectivity index (χ4n) is 2.85. The lowest BCUT2D eigenvalue weighted by atomic mass is 9.87. The summed E-state index contributed by atoms with van der Waals surface area (Å²) in [5.41, 5.74) is 1.31. The molecule has 16 heavy (non-hydrogen) atoms. The van der Waals surface area contributed by atoms with E-state index in [1.54, 1.807) is 7.11 Å². The Kier molecular flexibility index (Phi) is 2.48. The van der Waals surface area contributed by atoms with Crippen LogP contribution < -0.4 is 14.8 Å². The predicted octanol–water partition coefficient (Wildman–Crippen LogP) is 1.78. The number of hydrogen-bond acceptors (Lipinski definition) is 3. The molecule has 0 spiro atoms. The van der Waals surface area contributed by atoms with E-state index in [2.05, 4.69) is 17.4 Å². The molecule has 1 saturated heterocycles. The van der Waals surface area contributed by atoms with Crippen molar-refractivity contribution in [2.24, 2.45) is 5.92 Å². The fourth-order valence-corrected chi connectivity index (χ4v) is 2.85. The van der Waals surface area contributed by atoms with E-state index in [0.717, 1.165) is 37.6 Å². The first kappa shape index (κ1) is 9.97. The van der Waals surface area contributed by atoms with Crippen LogP contribution in [0.5, 0.6) is 11.5 Å². The van der Waals surface area contributed by atoms with Crippen molar-refractivity contribution in [2.45, 2.75) is 12.3 Å². The zero-order chi connectivity index (χ0) is 11.0. The maximum Gasteiger partial charge on any atom is 0.164 e. The van der Waals surface area contributed by atoms with Crippen LogP contribution in [0.15, 0.2) is 18.2 Å². The monoisotopic (exact) mass is 219 g/mol. The quantitative estimate of drug-likeness (QED) is 0.781. The first-order valence-electron chi connectivity index (χ1n) is 5.90. The molecule has 2 atom stereocenters. The maximum absolute atomic E-state index is 5.85. The summed E-state index contributed by atoms with van der Waals surface area (Å²) in [5, 5.41) is 3.47. The minimum absolute atomic E-state index is 0.590. The molecule has 0 aromatic heterocycles. The number of benzene rings is 1. The van der Waals surface area contributed by atoms with Crippen LogP contribution in [-0.2, 0) is 0 Å². The molecule has 0 aliphatic carbocycles. The molecule has 1 aromatic carbocycles. The first-order valence-corrected chi connectivity index (χ1v) is 5.90. The topological polar surface area (TPSA) is 30.5 Å². The minimum atomic E-state index is 0.590. The molecule has 3 heteroatoms. The van der Waals surface area contributed by atoms with Crippen molar-refractivity contribution in [3.63, 3.8) is 0 Å². The highest BCUT2D eigenvalue weighted by molar-refractivity contribution is 5.49. The molecule has 1 N–H and O–H groups in total. The highest BCUT2D eigenvalue weighted by atomic mass is 16.5. The highest BCUT2D eigenvalue weighted by Gasteiger charge is 2.33. The maximum atomic E-state index is 5.85. The first-order chi connectivity index (χ1) is 7.90. The number of para-hydroxylation sites is 1. The number of nitrogens with one attached hydrogen (secondary N) is 1. The molecule has 2 aliphatic rings. The molecule has 0 bridgehead atoms. The Bertz CT molecular complexity index is 392. The third-order valence-electron chi connectivity index (χ3n) is 3.70. The van der Waals surface area contributed by atoms with E-state index in [0.29, 0.717) is 11.8 Å². The van der Waals surface area contributed by atoms with E-state index in [1.807, 2.05) is 6.07 Å². The highest BCUT2D eigenvalue weighted by Crippen LogP contribution is 2.43. The molecule has 86 valence electrons. The Hall–Kier alpha value is -1.22. The van der Waals surface area contributed by atoms with Crippen LogP contribution in [0, 0.1) is 5.92 Å². The summed E-state index contributed by atoms with van der Waals surface area (Å²) in [6, 6.07) is 6.21. The van der Waals surface area contributed by atoms with Gasteiger partial charge in [-0.25, -0.2) is 0 Å². The van der Waals surface area contributed by atoms with Gasteiger partial charge in [-0.3, -0.25) is 0 Å². The lowest BCUT2D eigenvalue weighted by Crippen LogP contribution is -2.11. The van der Waals surface area contributed by atoms with E-state index >= 15 is 0 Å². The van der Waals surface area contributed by atoms with Gasteiger partial charge in [-0.15, -0.1) is 0 Å². The average Bonchev–Trinajstić information content (AvgIpc) is 2.71. The molecule has 2 heterocycles. The summed E-state index contributed by atoms with van der Waals surface area (Å²) in [6.07, 6.45) is 1.13. The average molecular weight is 219 g/mol. The third-order valence-corrected chi connectivity index (χ3v) is 3.70. The molecule has 0 unspecified atom stereocenters. The van der Waals surface area contributed by atoms with Gasteiger partial charge >= 0.3 is 0 Å². The van der Waals surface area contributed by atoms with Crippen LogP contribution in [0.2, 0.25) is 0 Å². The summed E-state index contributed by atoms with van der Waals surface area (Å²) in [4.78, 5) is 0. The minimum Gasteiger partial charge on any atom is -0.493 e. The predicted molar refractivity (Wildman–Crippen MR) is 62.2 cm³/mol. The summed E-state index contributed by atoms with van der Waals surface area (Å²) in [5.74, 6) is 3.13. The third kappa shape index (κ3) is 1.47. The summed E-state index contributed by atoms with van der Waals surface area (Å²) in [6.45, 7) is 2.98. The Morgan fingerprint density at radius 1 is 1.38 bits per heavy atom. The van der Waals surface area contributed by atoms with E-state index in [1.165, 1.54) is 5.56 Å². The van der Waals surface area contributed by atoms with Gasteiger partial charge in [0.2, 0.25) is 0 Å². The Morgan fingerprint density at radius 2 is 2.31 bits per heavy atom. The molecule has 0 radical (unpaired) electrons. The molecular weight excluding hydrogens is 202 g/mol. The Labute approximate surface area is 95.8 Å². The van der Waals surface area contributed by atoms with Crippen LogP contribution >= 0.6 is 0 Å². The van der Waals surface area contributed by atoms with Crippen LogP contribution in [0.1, 0.15) is 17.9 Å².